The number of hydrogen-bond donors (Lipinski definition) is 1. The van der Waals surface area contributed by atoms with Crippen molar-refractivity contribution in [1.29, 1.82) is 0 Å². The maximum atomic E-state index is 11.7. The molecular formula is C12H10N2O2. The number of hydrogen-bond acceptors (Lipinski definition) is 3. The number of nitrogens with zero attached hydrogens (tertiary/aromatic N) is 1. The predicted molar refractivity (Wildman–Crippen MR) is 60.4 cm³/mol. The molecule has 0 atom stereocenters. The van der Waals surface area contributed by atoms with E-state index in [-0.39, 0.29) is 18.2 Å². The Morgan fingerprint density at radius 2 is 2.00 bits per heavy atom. The molecule has 0 saturated heterocycles. The van der Waals surface area contributed by atoms with Gasteiger partial charge in [0.1, 0.15) is 6.54 Å². The zero-order chi connectivity index (χ0) is 11.4. The molecule has 1 amide bonds. The average Bonchev–Trinajstić information content (AvgIpc) is 2.30. The largest absolute Gasteiger partial charge is 0.320 e. The Morgan fingerprint density at radius 3 is 2.69 bits per heavy atom. The standard InChI is InChI=1S/C12H10N2O2/c15-11-6-10(7-13-8-11)14-12(16)9-4-2-1-3-5-9/h1-7H,8H2,(H,14,16). The molecule has 4 heteroatoms. The summed E-state index contributed by atoms with van der Waals surface area (Å²) in [5, 5.41) is 2.62. The van der Waals surface area contributed by atoms with E-state index < -0.39 is 0 Å². The van der Waals surface area contributed by atoms with Crippen molar-refractivity contribution in [1.82, 2.24) is 5.32 Å². The lowest BCUT2D eigenvalue weighted by Gasteiger charge is -2.07. The Morgan fingerprint density at radius 1 is 1.25 bits per heavy atom. The van der Waals surface area contributed by atoms with Gasteiger partial charge in [-0.2, -0.15) is 0 Å². The molecule has 1 aliphatic rings. The van der Waals surface area contributed by atoms with Gasteiger partial charge in [-0.1, -0.05) is 18.2 Å². The summed E-state index contributed by atoms with van der Waals surface area (Å²) in [5.74, 6) is -0.348. The van der Waals surface area contributed by atoms with Gasteiger partial charge in [0.25, 0.3) is 5.91 Å². The van der Waals surface area contributed by atoms with Gasteiger partial charge in [-0.3, -0.25) is 14.6 Å². The molecule has 0 aromatic heterocycles. The van der Waals surface area contributed by atoms with E-state index in [4.69, 9.17) is 0 Å². The Bertz CT molecular complexity index is 475. The van der Waals surface area contributed by atoms with Crippen LogP contribution in [0.25, 0.3) is 0 Å². The SMILES string of the molecule is O=C1C=C(NC(=O)c2ccccc2)C=NC1. The quantitative estimate of drug-likeness (QED) is 0.796. The van der Waals surface area contributed by atoms with Crippen LogP contribution in [0.4, 0.5) is 0 Å². The van der Waals surface area contributed by atoms with Gasteiger partial charge in [-0.25, -0.2) is 0 Å². The smallest absolute Gasteiger partial charge is 0.255 e. The number of nitrogens with one attached hydrogen (secondary N) is 1. The average molecular weight is 214 g/mol. The number of carbonyl (C=O) groups excluding carboxylic acids is 2. The van der Waals surface area contributed by atoms with Crippen LogP contribution in [0.1, 0.15) is 10.4 Å². The first-order valence-corrected chi connectivity index (χ1v) is 4.86. The van der Waals surface area contributed by atoms with Crippen molar-refractivity contribution >= 4 is 17.9 Å². The summed E-state index contributed by atoms with van der Waals surface area (Å²) in [6, 6.07) is 8.81. The van der Waals surface area contributed by atoms with Crippen molar-refractivity contribution < 1.29 is 9.59 Å². The van der Waals surface area contributed by atoms with Crippen LogP contribution in [-0.2, 0) is 4.79 Å². The molecule has 0 radical (unpaired) electrons. The molecule has 2 rings (SSSR count). The molecular weight excluding hydrogens is 204 g/mol. The third kappa shape index (κ3) is 2.42. The van der Waals surface area contributed by atoms with Crippen LogP contribution < -0.4 is 5.32 Å². The van der Waals surface area contributed by atoms with Gasteiger partial charge in [-0.05, 0) is 12.1 Å². The summed E-state index contributed by atoms with van der Waals surface area (Å²) in [5.41, 5.74) is 0.986. The number of benzene rings is 1. The van der Waals surface area contributed by atoms with E-state index in [0.717, 1.165) is 0 Å². The van der Waals surface area contributed by atoms with Crippen LogP contribution in [0, 0.1) is 0 Å². The minimum atomic E-state index is -0.243. The number of ketones is 1. The minimum Gasteiger partial charge on any atom is -0.320 e. The highest BCUT2D eigenvalue weighted by Gasteiger charge is 2.09. The van der Waals surface area contributed by atoms with Crippen LogP contribution in [0.3, 0.4) is 0 Å². The molecule has 80 valence electrons. The second-order valence-corrected chi connectivity index (χ2v) is 3.36. The second-order valence-electron chi connectivity index (χ2n) is 3.36. The van der Waals surface area contributed by atoms with Gasteiger partial charge >= 0.3 is 0 Å². The van der Waals surface area contributed by atoms with Crippen molar-refractivity contribution in [2.75, 3.05) is 6.54 Å². The van der Waals surface area contributed by atoms with Crippen LogP contribution in [0.5, 0.6) is 0 Å². The normalized spacial score (nSPS) is 14.5. The fourth-order valence-corrected chi connectivity index (χ4v) is 1.35. The lowest BCUT2D eigenvalue weighted by molar-refractivity contribution is -0.113. The van der Waals surface area contributed by atoms with Gasteiger partial charge < -0.3 is 5.32 Å². The third-order valence-corrected chi connectivity index (χ3v) is 2.09. The molecule has 1 heterocycles. The Labute approximate surface area is 92.7 Å². The fourth-order valence-electron chi connectivity index (χ4n) is 1.35. The lowest BCUT2D eigenvalue weighted by Crippen LogP contribution is -2.26. The molecule has 0 bridgehead atoms. The first-order chi connectivity index (χ1) is 7.75. The zero-order valence-corrected chi connectivity index (χ0v) is 8.51. The van der Waals surface area contributed by atoms with E-state index in [1.807, 2.05) is 6.07 Å². The first-order valence-electron chi connectivity index (χ1n) is 4.86. The molecule has 1 N–H and O–H groups in total. The zero-order valence-electron chi connectivity index (χ0n) is 8.51. The summed E-state index contributed by atoms with van der Waals surface area (Å²) < 4.78 is 0. The number of amides is 1. The predicted octanol–water partition coefficient (Wildman–Crippen LogP) is 0.954. The van der Waals surface area contributed by atoms with Crippen molar-refractivity contribution in [3.63, 3.8) is 0 Å². The highest BCUT2D eigenvalue weighted by atomic mass is 16.1. The summed E-state index contributed by atoms with van der Waals surface area (Å²) in [6.07, 6.45) is 2.87. The summed E-state index contributed by atoms with van der Waals surface area (Å²) in [6.45, 7) is 0.157. The lowest BCUT2D eigenvalue weighted by atomic mass is 10.2. The highest BCUT2D eigenvalue weighted by Crippen LogP contribution is 2.01. The Hall–Kier alpha value is -2.23. The van der Waals surface area contributed by atoms with Crippen molar-refractivity contribution in [2.45, 2.75) is 0 Å². The second kappa shape index (κ2) is 4.53. The fraction of sp³-hybridized carbons (Fsp3) is 0.0833. The Balaban J connectivity index is 2.09. The number of aliphatic imine (C=N–C) groups is 1. The molecule has 0 aliphatic carbocycles. The third-order valence-electron chi connectivity index (χ3n) is 2.09. The summed E-state index contributed by atoms with van der Waals surface area (Å²) in [7, 11) is 0. The molecule has 1 aromatic rings. The van der Waals surface area contributed by atoms with Crippen molar-refractivity contribution in [2.24, 2.45) is 4.99 Å². The number of rotatable bonds is 2. The van der Waals surface area contributed by atoms with E-state index in [9.17, 15) is 9.59 Å². The molecule has 1 aliphatic heterocycles. The van der Waals surface area contributed by atoms with E-state index in [1.54, 1.807) is 24.3 Å². The van der Waals surface area contributed by atoms with Gasteiger partial charge in [0, 0.05) is 17.9 Å². The van der Waals surface area contributed by atoms with E-state index in [1.165, 1.54) is 12.3 Å². The van der Waals surface area contributed by atoms with Crippen molar-refractivity contribution in [3.8, 4) is 0 Å². The van der Waals surface area contributed by atoms with Gasteiger partial charge in [0.15, 0.2) is 5.78 Å². The van der Waals surface area contributed by atoms with E-state index in [2.05, 4.69) is 10.3 Å². The summed E-state index contributed by atoms with van der Waals surface area (Å²) in [4.78, 5) is 26.6. The molecule has 0 fully saturated rings. The Kier molecular flexibility index (Phi) is 2.91. The summed E-state index contributed by atoms with van der Waals surface area (Å²) >= 11 is 0. The first kappa shape index (κ1) is 10.3. The van der Waals surface area contributed by atoms with Crippen LogP contribution >= 0.6 is 0 Å². The molecule has 1 aromatic carbocycles. The van der Waals surface area contributed by atoms with Gasteiger partial charge in [-0.15, -0.1) is 0 Å². The molecule has 0 unspecified atom stereocenters. The van der Waals surface area contributed by atoms with Crippen molar-refractivity contribution in [3.05, 3.63) is 47.7 Å². The maximum Gasteiger partial charge on any atom is 0.255 e. The molecule has 0 spiro atoms. The van der Waals surface area contributed by atoms with Crippen LogP contribution in [0.2, 0.25) is 0 Å². The minimum absolute atomic E-state index is 0.106. The number of dihydropyridines is 1. The van der Waals surface area contributed by atoms with E-state index >= 15 is 0 Å². The van der Waals surface area contributed by atoms with Crippen LogP contribution in [0.15, 0.2) is 47.1 Å². The maximum absolute atomic E-state index is 11.7. The number of carbonyl (C=O) groups is 2. The molecule has 0 saturated carbocycles. The topological polar surface area (TPSA) is 58.5 Å². The number of allylic oxidation sites excluding steroid dienone is 1. The molecule has 16 heavy (non-hydrogen) atoms. The molecule has 4 nitrogen and oxygen atoms in total. The van der Waals surface area contributed by atoms with Gasteiger partial charge in [0.2, 0.25) is 0 Å². The van der Waals surface area contributed by atoms with Crippen LogP contribution in [-0.4, -0.2) is 24.4 Å². The van der Waals surface area contributed by atoms with Gasteiger partial charge in [0.05, 0.1) is 5.70 Å². The van der Waals surface area contributed by atoms with E-state index in [0.29, 0.717) is 11.3 Å². The highest BCUT2D eigenvalue weighted by molar-refractivity contribution is 6.05. The monoisotopic (exact) mass is 214 g/mol.